The standard InChI is InChI=1S/C19H19N3O2.2ClHO4.H2O.Zn/c1-3-10-20-16(6-1)12-23-14-18-8-5-9-19(22-18)15-24-13-17-7-2-4-11-21-17;2*2-1(3,4)5;;/h1-11H,12-15H2;2*(H,2,3,4,5);1H2;/q;;;;+2/p-1. The first-order valence-electron chi connectivity index (χ1n) is 9.04. The van der Waals surface area contributed by atoms with Crippen LogP contribution in [-0.4, -0.2) is 15.0 Å². The zero-order valence-electron chi connectivity index (χ0n) is 18.6. The van der Waals surface area contributed by atoms with Gasteiger partial charge in [-0.05, 0) is 36.4 Å². The average Bonchev–Trinajstić information content (AvgIpc) is 2.73. The third kappa shape index (κ3) is 23.9. The van der Waals surface area contributed by atoms with Gasteiger partial charge in [-0.3, -0.25) is 15.0 Å². The molecule has 0 bridgehead atoms. The fourth-order valence-electron chi connectivity index (χ4n) is 2.18. The van der Waals surface area contributed by atoms with Gasteiger partial charge in [-0.1, -0.05) is 18.2 Å². The van der Waals surface area contributed by atoms with Gasteiger partial charge in [0.25, 0.3) is 0 Å². The van der Waals surface area contributed by atoms with Gasteiger partial charge in [0, 0.05) is 12.4 Å². The van der Waals surface area contributed by atoms with E-state index in [9.17, 15) is 0 Å². The van der Waals surface area contributed by atoms with E-state index >= 15 is 0 Å². The minimum Gasteiger partial charge on any atom is -0.457 e. The molecule has 3 N–H and O–H groups in total. The molecule has 0 aliphatic carbocycles. The van der Waals surface area contributed by atoms with Crippen LogP contribution in [0.25, 0.3) is 0 Å². The number of hydrogen-bond donors (Lipinski definition) is 0. The number of pyridine rings is 3. The van der Waals surface area contributed by atoms with Crippen LogP contribution in [0.5, 0.6) is 0 Å². The smallest absolute Gasteiger partial charge is 0.457 e. The van der Waals surface area contributed by atoms with Crippen LogP contribution in [-0.2, 0) is 60.9 Å². The summed E-state index contributed by atoms with van der Waals surface area (Å²) in [5.41, 5.74) is 3.58. The molecule has 0 spiro atoms. The molecule has 3 aromatic heterocycles. The molecule has 3 rings (SSSR count). The zero-order valence-corrected chi connectivity index (χ0v) is 23.1. The minimum absolute atomic E-state index is 0. The van der Waals surface area contributed by atoms with Gasteiger partial charge in [-0.2, -0.15) is 0 Å². The van der Waals surface area contributed by atoms with Gasteiger partial charge in [0.05, 0.1) is 49.2 Å². The summed E-state index contributed by atoms with van der Waals surface area (Å²) in [6.07, 6.45) is 3.52. The molecule has 0 amide bonds. The first kappa shape index (κ1) is 36.4. The number of ether oxygens (including phenoxy) is 2. The van der Waals surface area contributed by atoms with Gasteiger partial charge in [-0.15, -0.1) is 20.5 Å². The summed E-state index contributed by atoms with van der Waals surface area (Å²) in [6, 6.07) is 17.4. The summed E-state index contributed by atoms with van der Waals surface area (Å²) < 4.78 is 79.3. The van der Waals surface area contributed by atoms with Crippen molar-refractivity contribution >= 4 is 0 Å². The largest absolute Gasteiger partial charge is 2.00 e. The maximum Gasteiger partial charge on any atom is 2.00 e. The van der Waals surface area contributed by atoms with Gasteiger partial charge in [0.1, 0.15) is 0 Å². The van der Waals surface area contributed by atoms with Crippen LogP contribution in [0.3, 0.4) is 0 Å². The number of rotatable bonds is 8. The molecule has 0 saturated heterocycles. The van der Waals surface area contributed by atoms with Crippen LogP contribution in [0.2, 0.25) is 0 Å². The molecule has 0 aliphatic heterocycles. The molecule has 0 unspecified atom stereocenters. The molecule has 194 valence electrons. The SMILES string of the molecule is [O-][Cl+3]([O-])([O-])[O-].[O-][Cl+3]([O-])([O-])[O-].[OH3+].[Zn+2].c1ccc(COCc2cccc(COCc3ccccn3)n2)nc1. The van der Waals surface area contributed by atoms with E-state index in [1.54, 1.807) is 12.4 Å². The molecule has 0 aliphatic rings. The van der Waals surface area contributed by atoms with E-state index in [0.29, 0.717) is 26.4 Å². The Morgan fingerprint density at radius 3 is 1.14 bits per heavy atom. The molecular formula is C19H22Cl2N3O11Zn+. The van der Waals surface area contributed by atoms with Crippen molar-refractivity contribution in [1.82, 2.24) is 15.0 Å². The topological polar surface area (TPSA) is 275 Å². The van der Waals surface area contributed by atoms with Crippen LogP contribution >= 0.6 is 0 Å². The van der Waals surface area contributed by atoms with Crippen LogP contribution in [0.1, 0.15) is 22.8 Å². The molecule has 3 aromatic rings. The number of halogens is 2. The average molecular weight is 605 g/mol. The molecule has 0 saturated carbocycles. The molecule has 0 fully saturated rings. The molecule has 14 nitrogen and oxygen atoms in total. The summed E-state index contributed by atoms with van der Waals surface area (Å²) in [7, 11) is -9.89. The summed E-state index contributed by atoms with van der Waals surface area (Å²) >= 11 is 0. The summed E-state index contributed by atoms with van der Waals surface area (Å²) in [4.78, 5) is 13.0. The molecule has 3 heterocycles. The zero-order chi connectivity index (χ0) is 25.5. The Morgan fingerprint density at radius 1 is 0.528 bits per heavy atom. The fourth-order valence-corrected chi connectivity index (χ4v) is 2.18. The monoisotopic (exact) mass is 602 g/mol. The van der Waals surface area contributed by atoms with E-state index in [-0.39, 0.29) is 25.0 Å². The third-order valence-electron chi connectivity index (χ3n) is 3.32. The molecule has 36 heavy (non-hydrogen) atoms. The van der Waals surface area contributed by atoms with Crippen LogP contribution in [0.15, 0.2) is 67.0 Å². The van der Waals surface area contributed by atoms with Gasteiger partial charge in [-0.25, -0.2) is 37.3 Å². The van der Waals surface area contributed by atoms with Gasteiger partial charge in [0.15, 0.2) is 0 Å². The normalized spacial score (nSPS) is 10.4. The molecule has 0 atom stereocenters. The quantitative estimate of drug-likeness (QED) is 0.171. The molecule has 17 heteroatoms. The van der Waals surface area contributed by atoms with Crippen molar-refractivity contribution in [1.29, 1.82) is 0 Å². The molecule has 0 radical (unpaired) electrons. The predicted octanol–water partition coefficient (Wildman–Crippen LogP) is -7.13. The van der Waals surface area contributed by atoms with Crippen molar-refractivity contribution in [3.8, 4) is 0 Å². The second kappa shape index (κ2) is 19.3. The van der Waals surface area contributed by atoms with E-state index < -0.39 is 20.5 Å². The predicted molar refractivity (Wildman–Crippen MR) is 94.6 cm³/mol. The second-order valence-electron chi connectivity index (χ2n) is 6.00. The Hall–Kier alpha value is -1.79. The van der Waals surface area contributed by atoms with Gasteiger partial charge in [0.2, 0.25) is 0 Å². The summed E-state index contributed by atoms with van der Waals surface area (Å²) in [5.74, 6) is 0. The summed E-state index contributed by atoms with van der Waals surface area (Å²) in [6.45, 7) is 1.85. The Morgan fingerprint density at radius 2 is 0.833 bits per heavy atom. The number of hydrogen-bond acceptors (Lipinski definition) is 13. The van der Waals surface area contributed by atoms with Gasteiger partial charge >= 0.3 is 19.5 Å². The number of aromatic nitrogens is 3. The van der Waals surface area contributed by atoms with E-state index in [2.05, 4.69) is 15.0 Å². The number of nitrogens with zero attached hydrogens (tertiary/aromatic N) is 3. The third-order valence-corrected chi connectivity index (χ3v) is 3.32. The van der Waals surface area contributed by atoms with Crippen LogP contribution in [0.4, 0.5) is 0 Å². The maximum atomic E-state index is 8.49. The van der Waals surface area contributed by atoms with Crippen molar-refractivity contribution in [3.63, 3.8) is 0 Å². The van der Waals surface area contributed by atoms with Crippen molar-refractivity contribution < 1.29 is 92.2 Å². The fraction of sp³-hybridized carbons (Fsp3) is 0.211. The summed E-state index contributed by atoms with van der Waals surface area (Å²) in [5, 5.41) is 0. The van der Waals surface area contributed by atoms with E-state index in [1.807, 2.05) is 54.6 Å². The van der Waals surface area contributed by atoms with E-state index in [1.165, 1.54) is 0 Å². The van der Waals surface area contributed by atoms with Crippen LogP contribution in [0, 0.1) is 20.5 Å². The van der Waals surface area contributed by atoms with Crippen molar-refractivity contribution in [2.24, 2.45) is 0 Å². The maximum absolute atomic E-state index is 8.49. The van der Waals surface area contributed by atoms with Gasteiger partial charge < -0.3 is 14.9 Å². The minimum atomic E-state index is -4.94. The van der Waals surface area contributed by atoms with Crippen molar-refractivity contribution in [2.75, 3.05) is 0 Å². The van der Waals surface area contributed by atoms with Crippen LogP contribution < -0.4 is 37.3 Å². The molecular weight excluding hydrogens is 583 g/mol. The first-order chi connectivity index (χ1) is 15.9. The Labute approximate surface area is 223 Å². The van der Waals surface area contributed by atoms with Crippen molar-refractivity contribution in [2.45, 2.75) is 26.4 Å². The van der Waals surface area contributed by atoms with Crippen molar-refractivity contribution in [3.05, 3.63) is 89.8 Å². The Bertz CT molecular complexity index is 852. The Balaban J connectivity index is 0. The Kier molecular flexibility index (Phi) is 19.5. The van der Waals surface area contributed by atoms with E-state index in [0.717, 1.165) is 22.8 Å². The first-order valence-corrected chi connectivity index (χ1v) is 11.5. The molecule has 0 aromatic carbocycles. The second-order valence-corrected chi connectivity index (χ2v) is 7.52. The van der Waals surface area contributed by atoms with E-state index in [4.69, 9.17) is 46.7 Å².